The van der Waals surface area contributed by atoms with Gasteiger partial charge in [0.05, 0.1) is 6.61 Å². The molecule has 0 saturated carbocycles. The molecule has 2 aromatic rings. The first kappa shape index (κ1) is 27.3. The average molecular weight is 529 g/mol. The van der Waals surface area contributed by atoms with E-state index < -0.39 is 16.1 Å². The zero-order chi connectivity index (χ0) is 26.6. The van der Waals surface area contributed by atoms with Gasteiger partial charge in [-0.05, 0) is 56.3 Å². The number of benzene rings is 2. The SMILES string of the molecule is CCCC#Cc1ccc2c(c1)O[C@H](CN(C)Cc1ccc3c(c1)OCO3)[C@H](C)CN([C@@H](C)CO)S2(=O)=O. The smallest absolute Gasteiger partial charge is 0.247 e. The lowest BCUT2D eigenvalue weighted by molar-refractivity contribution is 0.0733. The van der Waals surface area contributed by atoms with Crippen molar-refractivity contribution >= 4 is 10.0 Å². The van der Waals surface area contributed by atoms with Crippen LogP contribution in [0.1, 0.15) is 44.7 Å². The summed E-state index contributed by atoms with van der Waals surface area (Å²) in [5.41, 5.74) is 1.79. The minimum absolute atomic E-state index is 0.101. The van der Waals surface area contributed by atoms with Crippen LogP contribution in [0.25, 0.3) is 0 Å². The van der Waals surface area contributed by atoms with Crippen LogP contribution in [0.2, 0.25) is 0 Å². The molecule has 1 N–H and O–H groups in total. The number of hydrogen-bond donors (Lipinski definition) is 1. The first-order valence-electron chi connectivity index (χ1n) is 12.7. The highest BCUT2D eigenvalue weighted by Gasteiger charge is 2.38. The van der Waals surface area contributed by atoms with Gasteiger partial charge in [-0.3, -0.25) is 4.90 Å². The van der Waals surface area contributed by atoms with Gasteiger partial charge < -0.3 is 19.3 Å². The van der Waals surface area contributed by atoms with Crippen LogP contribution in [-0.2, 0) is 16.6 Å². The molecule has 2 heterocycles. The highest BCUT2D eigenvalue weighted by atomic mass is 32.2. The van der Waals surface area contributed by atoms with Crippen LogP contribution in [0.4, 0.5) is 0 Å². The Morgan fingerprint density at radius 3 is 2.70 bits per heavy atom. The van der Waals surface area contributed by atoms with Crippen LogP contribution in [0.15, 0.2) is 41.3 Å². The molecule has 37 heavy (non-hydrogen) atoms. The van der Waals surface area contributed by atoms with Gasteiger partial charge >= 0.3 is 0 Å². The minimum Gasteiger partial charge on any atom is -0.487 e. The molecule has 0 radical (unpaired) electrons. The molecule has 0 unspecified atom stereocenters. The molecule has 4 rings (SSSR count). The molecule has 3 atom stereocenters. The Kier molecular flexibility index (Phi) is 8.65. The van der Waals surface area contributed by atoms with Gasteiger partial charge in [0.25, 0.3) is 0 Å². The third kappa shape index (κ3) is 6.21. The zero-order valence-electron chi connectivity index (χ0n) is 21.9. The zero-order valence-corrected chi connectivity index (χ0v) is 22.8. The molecule has 0 saturated heterocycles. The van der Waals surface area contributed by atoms with Crippen molar-refractivity contribution in [3.05, 3.63) is 47.5 Å². The second-order valence-electron chi connectivity index (χ2n) is 9.84. The van der Waals surface area contributed by atoms with E-state index in [1.165, 1.54) is 4.31 Å². The first-order chi connectivity index (χ1) is 17.7. The lowest BCUT2D eigenvalue weighted by Gasteiger charge is -2.37. The van der Waals surface area contributed by atoms with Crippen LogP contribution in [0, 0.1) is 17.8 Å². The Balaban J connectivity index is 1.63. The van der Waals surface area contributed by atoms with E-state index in [-0.39, 0.29) is 36.9 Å². The van der Waals surface area contributed by atoms with Crippen LogP contribution in [-0.4, -0.2) is 68.4 Å². The largest absolute Gasteiger partial charge is 0.487 e. The van der Waals surface area contributed by atoms with Gasteiger partial charge in [0, 0.05) is 43.6 Å². The summed E-state index contributed by atoms with van der Waals surface area (Å²) in [4.78, 5) is 2.25. The summed E-state index contributed by atoms with van der Waals surface area (Å²) in [6.07, 6.45) is 1.43. The summed E-state index contributed by atoms with van der Waals surface area (Å²) >= 11 is 0. The van der Waals surface area contributed by atoms with E-state index in [2.05, 4.69) is 23.7 Å². The fraction of sp³-hybridized carbons (Fsp3) is 0.500. The van der Waals surface area contributed by atoms with Crippen LogP contribution in [0.5, 0.6) is 17.2 Å². The van der Waals surface area contributed by atoms with Gasteiger partial charge in [-0.2, -0.15) is 4.31 Å². The molecule has 2 aliphatic heterocycles. The van der Waals surface area contributed by atoms with Gasteiger partial charge in [0.15, 0.2) is 11.5 Å². The Labute approximate surface area is 220 Å². The number of rotatable bonds is 7. The van der Waals surface area contributed by atoms with E-state index in [0.717, 1.165) is 29.9 Å². The quantitative estimate of drug-likeness (QED) is 0.551. The normalized spacial score (nSPS) is 21.2. The van der Waals surface area contributed by atoms with Crippen molar-refractivity contribution < 1.29 is 27.7 Å². The molecule has 2 aliphatic rings. The van der Waals surface area contributed by atoms with Gasteiger partial charge in [-0.15, -0.1) is 0 Å². The van der Waals surface area contributed by atoms with Crippen molar-refractivity contribution in [1.29, 1.82) is 0 Å². The summed E-state index contributed by atoms with van der Waals surface area (Å²) in [5.74, 6) is 7.88. The summed E-state index contributed by atoms with van der Waals surface area (Å²) in [6, 6.07) is 10.4. The maximum atomic E-state index is 13.6. The van der Waals surface area contributed by atoms with Crippen LogP contribution in [0.3, 0.4) is 0 Å². The summed E-state index contributed by atoms with van der Waals surface area (Å²) in [5, 5.41) is 9.84. The third-order valence-electron chi connectivity index (χ3n) is 6.66. The van der Waals surface area contributed by atoms with Crippen molar-refractivity contribution in [2.45, 2.75) is 57.2 Å². The Hall–Kier alpha value is -2.77. The molecular weight excluding hydrogens is 492 g/mol. The third-order valence-corrected chi connectivity index (χ3v) is 8.68. The van der Waals surface area contributed by atoms with E-state index in [0.29, 0.717) is 24.4 Å². The lowest BCUT2D eigenvalue weighted by atomic mass is 10.0. The van der Waals surface area contributed by atoms with Gasteiger partial charge in [0.1, 0.15) is 16.7 Å². The predicted octanol–water partition coefficient (Wildman–Crippen LogP) is 3.47. The molecule has 0 aromatic heterocycles. The van der Waals surface area contributed by atoms with E-state index in [4.69, 9.17) is 14.2 Å². The van der Waals surface area contributed by atoms with Crippen molar-refractivity contribution in [3.8, 4) is 29.1 Å². The molecule has 0 aliphatic carbocycles. The first-order valence-corrected chi connectivity index (χ1v) is 14.2. The highest BCUT2D eigenvalue weighted by molar-refractivity contribution is 7.89. The summed E-state index contributed by atoms with van der Waals surface area (Å²) in [7, 11) is -1.86. The maximum Gasteiger partial charge on any atom is 0.247 e. The molecule has 0 spiro atoms. The molecule has 200 valence electrons. The van der Waals surface area contributed by atoms with E-state index >= 15 is 0 Å². The van der Waals surface area contributed by atoms with E-state index in [1.807, 2.05) is 32.2 Å². The minimum atomic E-state index is -3.87. The maximum absolute atomic E-state index is 13.6. The van der Waals surface area contributed by atoms with Crippen molar-refractivity contribution in [1.82, 2.24) is 9.21 Å². The Bertz CT molecular complexity index is 1270. The van der Waals surface area contributed by atoms with Crippen LogP contribution < -0.4 is 14.2 Å². The van der Waals surface area contributed by atoms with E-state index in [1.54, 1.807) is 25.1 Å². The monoisotopic (exact) mass is 528 g/mol. The Morgan fingerprint density at radius 2 is 1.95 bits per heavy atom. The number of nitrogens with zero attached hydrogens (tertiary/aromatic N) is 2. The second-order valence-corrected chi connectivity index (χ2v) is 11.7. The predicted molar refractivity (Wildman–Crippen MR) is 141 cm³/mol. The summed E-state index contributed by atoms with van der Waals surface area (Å²) < 4.78 is 46.0. The standard InChI is InChI=1S/C28H36N2O6S/c1-5-6-7-8-22-10-12-28-26(13-22)36-27(20(2)15-30(21(3)18-31)37(28,32)33)17-29(4)16-23-9-11-24-25(14-23)35-19-34-24/h9-14,20-21,27,31H,5-6,15-19H2,1-4H3/t20-,21+,27-/m1/s1. The van der Waals surface area contributed by atoms with Crippen molar-refractivity contribution in [3.63, 3.8) is 0 Å². The number of aliphatic hydroxyl groups is 1. The summed E-state index contributed by atoms with van der Waals surface area (Å²) in [6.45, 7) is 7.21. The lowest BCUT2D eigenvalue weighted by Crippen LogP contribution is -2.49. The van der Waals surface area contributed by atoms with Crippen molar-refractivity contribution in [2.75, 3.05) is 33.5 Å². The molecule has 0 amide bonds. The fourth-order valence-electron chi connectivity index (χ4n) is 4.53. The topological polar surface area (TPSA) is 88.5 Å². The number of unbranched alkanes of at least 4 members (excludes halogenated alkanes) is 1. The number of fused-ring (bicyclic) bond motifs is 2. The Morgan fingerprint density at radius 1 is 1.16 bits per heavy atom. The molecule has 0 bridgehead atoms. The highest BCUT2D eigenvalue weighted by Crippen LogP contribution is 2.35. The van der Waals surface area contributed by atoms with Crippen molar-refractivity contribution in [2.24, 2.45) is 5.92 Å². The number of ether oxygens (including phenoxy) is 3. The second kappa shape index (κ2) is 11.7. The molecule has 2 aromatic carbocycles. The van der Waals surface area contributed by atoms with Crippen LogP contribution >= 0.6 is 0 Å². The molecule has 8 nitrogen and oxygen atoms in total. The average Bonchev–Trinajstić information content (AvgIpc) is 3.34. The number of aliphatic hydroxyl groups excluding tert-OH is 1. The van der Waals surface area contributed by atoms with Gasteiger partial charge in [-0.1, -0.05) is 31.8 Å². The molecular formula is C28H36N2O6S. The van der Waals surface area contributed by atoms with E-state index in [9.17, 15) is 13.5 Å². The number of sulfonamides is 1. The molecule has 9 heteroatoms. The van der Waals surface area contributed by atoms with Gasteiger partial charge in [-0.25, -0.2) is 8.42 Å². The number of likely N-dealkylation sites (N-methyl/N-ethyl adjacent to an activating group) is 1. The fourth-order valence-corrected chi connectivity index (χ4v) is 6.36. The number of hydrogen-bond acceptors (Lipinski definition) is 7. The molecule has 0 fully saturated rings. The van der Waals surface area contributed by atoms with Gasteiger partial charge in [0.2, 0.25) is 16.8 Å².